The molecule has 1 aromatic carbocycles. The van der Waals surface area contributed by atoms with Gasteiger partial charge in [0.05, 0.1) is 17.2 Å². The fraction of sp³-hybridized carbons (Fsp3) is 0.222. The first-order valence-corrected chi connectivity index (χ1v) is 4.59. The largest absolute Gasteiger partial charge is 0.492 e. The molecule has 1 aliphatic heterocycles. The van der Waals surface area contributed by atoms with Crippen molar-refractivity contribution < 1.29 is 9.53 Å². The van der Waals surface area contributed by atoms with Crippen molar-refractivity contribution in [1.29, 1.82) is 0 Å². The average Bonchev–Trinajstić information content (AvgIpc) is 2.02. The van der Waals surface area contributed by atoms with Crippen molar-refractivity contribution in [2.75, 3.05) is 6.61 Å². The third-order valence-electron chi connectivity index (χ3n) is 1.88. The van der Waals surface area contributed by atoms with Gasteiger partial charge in [-0.3, -0.25) is 4.79 Å². The summed E-state index contributed by atoms with van der Waals surface area (Å²) in [5, 5.41) is 0.852. The number of hydrogen-bond donors (Lipinski definition) is 0. The standard InChI is InChI=1S/C9H6Cl2O2/c10-5-3-6(11)9-7(12)1-2-13-8(9)4-5/h3-4H,1-2H2. The van der Waals surface area contributed by atoms with Crippen LogP contribution in [0.25, 0.3) is 0 Å². The summed E-state index contributed by atoms with van der Waals surface area (Å²) in [5.74, 6) is 0.511. The molecule has 0 unspecified atom stereocenters. The van der Waals surface area contributed by atoms with Gasteiger partial charge in [-0.05, 0) is 12.1 Å². The van der Waals surface area contributed by atoms with Gasteiger partial charge in [-0.15, -0.1) is 0 Å². The van der Waals surface area contributed by atoms with Gasteiger partial charge in [-0.1, -0.05) is 23.2 Å². The maximum absolute atomic E-state index is 11.4. The molecule has 0 fully saturated rings. The molecule has 1 aliphatic rings. The monoisotopic (exact) mass is 216 g/mol. The summed E-state index contributed by atoms with van der Waals surface area (Å²) in [6, 6.07) is 3.16. The van der Waals surface area contributed by atoms with E-state index in [1.54, 1.807) is 12.1 Å². The first kappa shape index (κ1) is 8.85. The lowest BCUT2D eigenvalue weighted by Crippen LogP contribution is -2.15. The SMILES string of the molecule is O=C1CCOc2cc(Cl)cc(Cl)c21. The van der Waals surface area contributed by atoms with Crippen molar-refractivity contribution in [3.63, 3.8) is 0 Å². The third kappa shape index (κ3) is 1.52. The van der Waals surface area contributed by atoms with Crippen LogP contribution in [0.15, 0.2) is 12.1 Å². The summed E-state index contributed by atoms with van der Waals surface area (Å²) in [6.07, 6.45) is 0.383. The predicted octanol–water partition coefficient (Wildman–Crippen LogP) is 2.96. The Labute approximate surface area is 85.4 Å². The van der Waals surface area contributed by atoms with Crippen LogP contribution < -0.4 is 4.74 Å². The average molecular weight is 217 g/mol. The van der Waals surface area contributed by atoms with Crippen molar-refractivity contribution in [3.05, 3.63) is 27.7 Å². The molecule has 0 amide bonds. The van der Waals surface area contributed by atoms with Gasteiger partial charge in [0.25, 0.3) is 0 Å². The highest BCUT2D eigenvalue weighted by molar-refractivity contribution is 6.37. The van der Waals surface area contributed by atoms with E-state index in [0.29, 0.717) is 34.4 Å². The number of carbonyl (C=O) groups excluding carboxylic acids is 1. The van der Waals surface area contributed by atoms with Gasteiger partial charge in [0, 0.05) is 11.4 Å². The lowest BCUT2D eigenvalue weighted by molar-refractivity contribution is 0.0934. The molecule has 1 heterocycles. The summed E-state index contributed by atoms with van der Waals surface area (Å²) >= 11 is 11.6. The Kier molecular flexibility index (Phi) is 2.18. The van der Waals surface area contributed by atoms with Crippen molar-refractivity contribution in [1.82, 2.24) is 0 Å². The van der Waals surface area contributed by atoms with E-state index in [-0.39, 0.29) is 5.78 Å². The molecule has 1 aromatic rings. The van der Waals surface area contributed by atoms with Gasteiger partial charge < -0.3 is 4.74 Å². The third-order valence-corrected chi connectivity index (χ3v) is 2.40. The number of ketones is 1. The van der Waals surface area contributed by atoms with Crippen molar-refractivity contribution in [2.45, 2.75) is 6.42 Å². The van der Waals surface area contributed by atoms with E-state index in [1.165, 1.54) is 0 Å². The molecule has 2 nitrogen and oxygen atoms in total. The molecular formula is C9H6Cl2O2. The van der Waals surface area contributed by atoms with Gasteiger partial charge >= 0.3 is 0 Å². The zero-order valence-electron chi connectivity index (χ0n) is 6.64. The van der Waals surface area contributed by atoms with Gasteiger partial charge in [-0.25, -0.2) is 0 Å². The number of hydrogen-bond acceptors (Lipinski definition) is 2. The minimum absolute atomic E-state index is 0.0166. The molecule has 0 N–H and O–H groups in total. The zero-order valence-corrected chi connectivity index (χ0v) is 8.15. The first-order valence-electron chi connectivity index (χ1n) is 3.83. The van der Waals surface area contributed by atoms with Crippen LogP contribution >= 0.6 is 23.2 Å². The highest BCUT2D eigenvalue weighted by atomic mass is 35.5. The minimum Gasteiger partial charge on any atom is -0.492 e. The van der Waals surface area contributed by atoms with E-state index < -0.39 is 0 Å². The van der Waals surface area contributed by atoms with Crippen molar-refractivity contribution in [3.8, 4) is 5.75 Å². The molecule has 0 spiro atoms. The molecule has 0 saturated heterocycles. The highest BCUT2D eigenvalue weighted by Gasteiger charge is 2.21. The number of carbonyl (C=O) groups is 1. The normalized spacial score (nSPS) is 15.1. The van der Waals surface area contributed by atoms with Crippen LogP contribution in [0.4, 0.5) is 0 Å². The fourth-order valence-electron chi connectivity index (χ4n) is 1.31. The molecule has 0 radical (unpaired) electrons. The van der Waals surface area contributed by atoms with Gasteiger partial charge in [0.15, 0.2) is 5.78 Å². The zero-order chi connectivity index (χ0) is 9.42. The molecule has 0 bridgehead atoms. The topological polar surface area (TPSA) is 26.3 Å². The molecule has 13 heavy (non-hydrogen) atoms. The van der Waals surface area contributed by atoms with Gasteiger partial charge in [-0.2, -0.15) is 0 Å². The fourth-order valence-corrected chi connectivity index (χ4v) is 1.89. The molecule has 0 aliphatic carbocycles. The summed E-state index contributed by atoms with van der Waals surface area (Å²) < 4.78 is 5.27. The molecule has 68 valence electrons. The Balaban J connectivity index is 2.63. The van der Waals surface area contributed by atoms with E-state index in [1.807, 2.05) is 0 Å². The molecule has 0 saturated carbocycles. The van der Waals surface area contributed by atoms with Crippen LogP contribution in [-0.4, -0.2) is 12.4 Å². The number of benzene rings is 1. The Morgan fingerprint density at radius 3 is 2.85 bits per heavy atom. The lowest BCUT2D eigenvalue weighted by atomic mass is 10.1. The molecule has 0 atom stereocenters. The minimum atomic E-state index is 0.0166. The Morgan fingerprint density at radius 1 is 1.31 bits per heavy atom. The first-order chi connectivity index (χ1) is 6.18. The van der Waals surface area contributed by atoms with Crippen LogP contribution in [0.5, 0.6) is 5.75 Å². The molecular weight excluding hydrogens is 211 g/mol. The maximum Gasteiger partial charge on any atom is 0.171 e. The number of ether oxygens (including phenoxy) is 1. The van der Waals surface area contributed by atoms with E-state index in [9.17, 15) is 4.79 Å². The summed E-state index contributed by atoms with van der Waals surface area (Å²) in [5.41, 5.74) is 0.456. The van der Waals surface area contributed by atoms with Crippen molar-refractivity contribution >= 4 is 29.0 Å². The van der Waals surface area contributed by atoms with Crippen molar-refractivity contribution in [2.24, 2.45) is 0 Å². The summed E-state index contributed by atoms with van der Waals surface area (Å²) in [6.45, 7) is 0.405. The van der Waals surface area contributed by atoms with Gasteiger partial charge in [0.2, 0.25) is 0 Å². The second kappa shape index (κ2) is 3.20. The lowest BCUT2D eigenvalue weighted by Gasteiger charge is -2.17. The van der Waals surface area contributed by atoms with Crippen LogP contribution in [-0.2, 0) is 0 Å². The number of Topliss-reactive ketones (excluding diaryl/α,β-unsaturated/α-hetero) is 1. The predicted molar refractivity (Wildman–Crippen MR) is 50.9 cm³/mol. The number of fused-ring (bicyclic) bond motifs is 1. The van der Waals surface area contributed by atoms with Crippen LogP contribution in [0.3, 0.4) is 0 Å². The highest BCUT2D eigenvalue weighted by Crippen LogP contribution is 2.34. The smallest absolute Gasteiger partial charge is 0.171 e. The van der Waals surface area contributed by atoms with Crippen LogP contribution in [0.2, 0.25) is 10.0 Å². The van der Waals surface area contributed by atoms with E-state index in [4.69, 9.17) is 27.9 Å². The van der Waals surface area contributed by atoms with Crippen LogP contribution in [0, 0.1) is 0 Å². The Hall–Kier alpha value is -0.730. The molecule has 0 aromatic heterocycles. The Bertz CT molecular complexity index is 374. The van der Waals surface area contributed by atoms with Gasteiger partial charge in [0.1, 0.15) is 5.75 Å². The summed E-state index contributed by atoms with van der Waals surface area (Å²) in [4.78, 5) is 11.4. The quantitative estimate of drug-likeness (QED) is 0.667. The number of halogens is 2. The maximum atomic E-state index is 11.4. The van der Waals surface area contributed by atoms with E-state index >= 15 is 0 Å². The Morgan fingerprint density at radius 2 is 2.08 bits per heavy atom. The second-order valence-corrected chi connectivity index (χ2v) is 3.63. The van der Waals surface area contributed by atoms with Crippen LogP contribution in [0.1, 0.15) is 16.8 Å². The van der Waals surface area contributed by atoms with E-state index in [0.717, 1.165) is 0 Å². The number of rotatable bonds is 0. The molecule has 2 rings (SSSR count). The summed E-state index contributed by atoms with van der Waals surface area (Å²) in [7, 11) is 0. The van der Waals surface area contributed by atoms with E-state index in [2.05, 4.69) is 0 Å². The second-order valence-electron chi connectivity index (χ2n) is 2.78. The molecule has 4 heteroatoms.